The van der Waals surface area contributed by atoms with Crippen LogP contribution in [0.3, 0.4) is 0 Å². The monoisotopic (exact) mass is 358 g/mol. The molecule has 1 aromatic heterocycles. The highest BCUT2D eigenvalue weighted by molar-refractivity contribution is 9.10. The Morgan fingerprint density at radius 3 is 2.71 bits per heavy atom. The van der Waals surface area contributed by atoms with E-state index in [1.54, 1.807) is 24.3 Å². The molecule has 0 unspecified atom stereocenters. The molecule has 0 atom stereocenters. The highest BCUT2D eigenvalue weighted by Gasteiger charge is 2.13. The minimum Gasteiger partial charge on any atom is -0.457 e. The lowest BCUT2D eigenvalue weighted by molar-refractivity contribution is 0.102. The summed E-state index contributed by atoms with van der Waals surface area (Å²) in [5.74, 6) is -0.267. The van der Waals surface area contributed by atoms with E-state index in [0.29, 0.717) is 21.6 Å². The zero-order valence-electron chi connectivity index (χ0n) is 8.54. The van der Waals surface area contributed by atoms with Gasteiger partial charge in [0.05, 0.1) is 17.5 Å². The van der Waals surface area contributed by atoms with Crippen LogP contribution in [0.4, 0.5) is 11.4 Å². The van der Waals surface area contributed by atoms with Crippen molar-refractivity contribution in [3.8, 4) is 0 Å². The maximum absolute atomic E-state index is 11.9. The first kappa shape index (κ1) is 12.2. The highest BCUT2D eigenvalue weighted by atomic mass is 79.9. The van der Waals surface area contributed by atoms with E-state index in [4.69, 9.17) is 10.2 Å². The molecule has 1 aromatic carbocycles. The number of nitrogen functional groups attached to an aromatic ring is 1. The zero-order chi connectivity index (χ0) is 12.4. The number of benzene rings is 1. The highest BCUT2D eigenvalue weighted by Crippen LogP contribution is 2.26. The molecule has 3 N–H and O–H groups in total. The van der Waals surface area contributed by atoms with Crippen LogP contribution >= 0.6 is 31.9 Å². The Balaban J connectivity index is 2.24. The Morgan fingerprint density at radius 1 is 1.29 bits per heavy atom. The lowest BCUT2D eigenvalue weighted by Crippen LogP contribution is -2.12. The molecule has 1 amide bonds. The van der Waals surface area contributed by atoms with Crippen molar-refractivity contribution in [1.29, 1.82) is 0 Å². The van der Waals surface area contributed by atoms with Gasteiger partial charge in [0.1, 0.15) is 0 Å². The Morgan fingerprint density at radius 2 is 2.06 bits per heavy atom. The average Bonchev–Trinajstić information content (AvgIpc) is 2.70. The Kier molecular flexibility index (Phi) is 3.54. The number of halogens is 2. The van der Waals surface area contributed by atoms with Crippen molar-refractivity contribution in [2.75, 3.05) is 11.1 Å². The number of carbonyl (C=O) groups is 1. The summed E-state index contributed by atoms with van der Waals surface area (Å²) in [6.07, 6.45) is 1.44. The van der Waals surface area contributed by atoms with Crippen molar-refractivity contribution < 1.29 is 9.21 Å². The summed E-state index contributed by atoms with van der Waals surface area (Å²) >= 11 is 6.48. The minimum absolute atomic E-state index is 0.267. The molecule has 2 rings (SSSR count). The number of anilines is 2. The number of amides is 1. The van der Waals surface area contributed by atoms with Crippen LogP contribution in [0.2, 0.25) is 0 Å². The molecule has 2 aromatic rings. The molecule has 6 heteroatoms. The third-order valence-corrected chi connectivity index (χ3v) is 3.41. The Bertz CT molecular complexity index is 566. The van der Waals surface area contributed by atoms with Gasteiger partial charge in [0.25, 0.3) is 5.91 Å². The summed E-state index contributed by atoms with van der Waals surface area (Å²) in [4.78, 5) is 11.9. The van der Waals surface area contributed by atoms with Crippen LogP contribution in [0.1, 0.15) is 10.4 Å². The molecular formula is C11H8Br2N2O2. The molecule has 0 saturated carbocycles. The molecule has 4 nitrogen and oxygen atoms in total. The minimum atomic E-state index is -0.267. The van der Waals surface area contributed by atoms with E-state index in [2.05, 4.69) is 37.2 Å². The van der Waals surface area contributed by atoms with Gasteiger partial charge in [0.15, 0.2) is 4.67 Å². The van der Waals surface area contributed by atoms with Crippen molar-refractivity contribution in [2.24, 2.45) is 0 Å². The van der Waals surface area contributed by atoms with Crippen LogP contribution in [-0.4, -0.2) is 5.91 Å². The normalized spacial score (nSPS) is 10.2. The van der Waals surface area contributed by atoms with E-state index in [0.717, 1.165) is 4.47 Å². The number of furan rings is 1. The largest absolute Gasteiger partial charge is 0.457 e. The molecule has 0 spiro atoms. The van der Waals surface area contributed by atoms with Crippen molar-refractivity contribution in [1.82, 2.24) is 0 Å². The number of rotatable bonds is 2. The maximum Gasteiger partial charge on any atom is 0.260 e. The predicted octanol–water partition coefficient (Wildman–Crippen LogP) is 3.64. The molecule has 1 heterocycles. The summed E-state index contributed by atoms with van der Waals surface area (Å²) in [5.41, 5.74) is 7.27. The number of hydrogen-bond acceptors (Lipinski definition) is 3. The van der Waals surface area contributed by atoms with Gasteiger partial charge < -0.3 is 15.5 Å². The van der Waals surface area contributed by atoms with E-state index < -0.39 is 0 Å². The van der Waals surface area contributed by atoms with Gasteiger partial charge >= 0.3 is 0 Å². The van der Waals surface area contributed by atoms with Gasteiger partial charge in [-0.3, -0.25) is 4.79 Å². The third-order valence-electron chi connectivity index (χ3n) is 2.10. The van der Waals surface area contributed by atoms with E-state index in [-0.39, 0.29) is 5.91 Å². The topological polar surface area (TPSA) is 68.3 Å². The molecule has 0 saturated heterocycles. The third kappa shape index (κ3) is 2.70. The number of hydrogen-bond donors (Lipinski definition) is 2. The van der Waals surface area contributed by atoms with Crippen molar-refractivity contribution in [3.63, 3.8) is 0 Å². The fraction of sp³-hybridized carbons (Fsp3) is 0. The first-order valence-electron chi connectivity index (χ1n) is 4.67. The van der Waals surface area contributed by atoms with Crippen LogP contribution in [0.5, 0.6) is 0 Å². The number of carbonyl (C=O) groups excluding carboxylic acids is 1. The van der Waals surface area contributed by atoms with Gasteiger partial charge in [0.2, 0.25) is 0 Å². The van der Waals surface area contributed by atoms with Crippen molar-refractivity contribution >= 4 is 49.1 Å². The molecular weight excluding hydrogens is 352 g/mol. The molecule has 88 valence electrons. The summed E-state index contributed by atoms with van der Waals surface area (Å²) in [7, 11) is 0. The van der Waals surface area contributed by atoms with E-state index in [9.17, 15) is 4.79 Å². The lowest BCUT2D eigenvalue weighted by atomic mass is 10.2. The molecule has 0 fully saturated rings. The van der Waals surface area contributed by atoms with Gasteiger partial charge in [-0.25, -0.2) is 0 Å². The second-order valence-corrected chi connectivity index (χ2v) is 4.88. The summed E-state index contributed by atoms with van der Waals surface area (Å²) in [6, 6.07) is 6.78. The van der Waals surface area contributed by atoms with Crippen molar-refractivity contribution in [3.05, 3.63) is 45.2 Å². The fourth-order valence-corrected chi connectivity index (χ4v) is 2.05. The quantitative estimate of drug-likeness (QED) is 0.804. The molecule has 0 aliphatic carbocycles. The summed E-state index contributed by atoms with van der Waals surface area (Å²) in [5, 5.41) is 2.74. The molecule has 0 bridgehead atoms. The fourth-order valence-electron chi connectivity index (χ4n) is 1.28. The maximum atomic E-state index is 11.9. The second kappa shape index (κ2) is 4.93. The average molecular weight is 360 g/mol. The Labute approximate surface area is 114 Å². The second-order valence-electron chi connectivity index (χ2n) is 3.30. The predicted molar refractivity (Wildman–Crippen MR) is 72.9 cm³/mol. The van der Waals surface area contributed by atoms with Gasteiger partial charge in [-0.05, 0) is 56.1 Å². The van der Waals surface area contributed by atoms with Crippen molar-refractivity contribution in [2.45, 2.75) is 0 Å². The van der Waals surface area contributed by atoms with Crippen LogP contribution in [0, 0.1) is 0 Å². The first-order chi connectivity index (χ1) is 8.08. The van der Waals surface area contributed by atoms with Gasteiger partial charge in [-0.2, -0.15) is 0 Å². The van der Waals surface area contributed by atoms with Gasteiger partial charge in [-0.1, -0.05) is 0 Å². The summed E-state index contributed by atoms with van der Waals surface area (Å²) in [6.45, 7) is 0. The standard InChI is InChI=1S/C11H8Br2N2O2/c12-8-2-1-6(14)5-9(8)15-11(16)7-3-4-17-10(7)13/h1-5H,14H2,(H,15,16). The number of nitrogens with two attached hydrogens (primary N) is 1. The van der Waals surface area contributed by atoms with Crippen LogP contribution in [0.25, 0.3) is 0 Å². The lowest BCUT2D eigenvalue weighted by Gasteiger charge is -2.07. The van der Waals surface area contributed by atoms with Gasteiger partial charge in [0, 0.05) is 10.2 Å². The van der Waals surface area contributed by atoms with Crippen LogP contribution < -0.4 is 11.1 Å². The Hall–Kier alpha value is -1.27. The number of nitrogens with one attached hydrogen (secondary N) is 1. The molecule has 0 aliphatic rings. The first-order valence-corrected chi connectivity index (χ1v) is 6.26. The smallest absolute Gasteiger partial charge is 0.260 e. The molecule has 17 heavy (non-hydrogen) atoms. The SMILES string of the molecule is Nc1ccc(Br)c(NC(=O)c2ccoc2Br)c1. The van der Waals surface area contributed by atoms with Gasteiger partial charge in [-0.15, -0.1) is 0 Å². The zero-order valence-corrected chi connectivity index (χ0v) is 11.7. The molecule has 0 aliphatic heterocycles. The molecule has 0 radical (unpaired) electrons. The summed E-state index contributed by atoms with van der Waals surface area (Å²) < 4.78 is 6.16. The van der Waals surface area contributed by atoms with E-state index in [1.807, 2.05) is 0 Å². The van der Waals surface area contributed by atoms with E-state index >= 15 is 0 Å². The van der Waals surface area contributed by atoms with Crippen LogP contribution in [-0.2, 0) is 0 Å². The van der Waals surface area contributed by atoms with E-state index in [1.165, 1.54) is 6.26 Å². The van der Waals surface area contributed by atoms with Crippen LogP contribution in [0.15, 0.2) is 44.1 Å².